The molecule has 8 nitrogen and oxygen atoms in total. The number of nitrogens with zero attached hydrogens (tertiary/aromatic N) is 5. The van der Waals surface area contributed by atoms with Gasteiger partial charge in [0.15, 0.2) is 0 Å². The summed E-state index contributed by atoms with van der Waals surface area (Å²) in [6, 6.07) is 2.44. The molecule has 1 saturated heterocycles. The fraction of sp³-hybridized carbons (Fsp3) is 0.520. The Hall–Kier alpha value is -3.14. The number of aromatic nitrogens is 4. The average Bonchev–Trinajstić information content (AvgIpc) is 3.44. The highest BCUT2D eigenvalue weighted by Gasteiger charge is 2.43. The lowest BCUT2D eigenvalue weighted by Gasteiger charge is -2.32. The van der Waals surface area contributed by atoms with Gasteiger partial charge in [-0.3, -0.25) is 0 Å². The Morgan fingerprint density at radius 2 is 1.86 bits per heavy atom. The highest BCUT2D eigenvalue weighted by molar-refractivity contribution is 5.32. The summed E-state index contributed by atoms with van der Waals surface area (Å²) in [7, 11) is 1.66. The second-order valence-electron chi connectivity index (χ2n) is 9.32. The number of piperidine rings is 1. The van der Waals surface area contributed by atoms with Crippen molar-refractivity contribution >= 4 is 5.95 Å². The number of ether oxygens (including phenoxy) is 2. The van der Waals surface area contributed by atoms with E-state index in [2.05, 4.69) is 25.1 Å². The summed E-state index contributed by atoms with van der Waals surface area (Å²) in [6.07, 6.45) is 9.04. The topological polar surface area (TPSA) is 86.4 Å². The molecule has 1 aliphatic heterocycles. The molecular weight excluding hydrogens is 456 g/mol. The molecule has 1 saturated carbocycles. The van der Waals surface area contributed by atoms with Crippen molar-refractivity contribution in [2.24, 2.45) is 17.8 Å². The van der Waals surface area contributed by atoms with Gasteiger partial charge < -0.3 is 18.8 Å². The molecular formula is C25H29F2N5O3. The van der Waals surface area contributed by atoms with E-state index in [4.69, 9.17) is 13.9 Å². The molecule has 0 radical (unpaired) electrons. The molecule has 10 heteroatoms. The van der Waals surface area contributed by atoms with Crippen LogP contribution in [-0.2, 0) is 17.8 Å². The van der Waals surface area contributed by atoms with Gasteiger partial charge in [-0.05, 0) is 43.4 Å². The number of hydrogen-bond donors (Lipinski definition) is 0. The van der Waals surface area contributed by atoms with E-state index in [1.165, 1.54) is 18.6 Å². The lowest BCUT2D eigenvalue weighted by molar-refractivity contribution is 0.184. The molecule has 1 aliphatic carbocycles. The van der Waals surface area contributed by atoms with E-state index >= 15 is 0 Å². The van der Waals surface area contributed by atoms with Crippen LogP contribution in [-0.4, -0.2) is 47.0 Å². The number of benzene rings is 1. The first-order chi connectivity index (χ1) is 17.1. The standard InChI is InChI=1S/C25H29F2N5O3/c1-33-14-16-12-28-25(29-13-16)32-5-2-17(3-6-32)20-8-18(20)4-7-34-19-9-22(26)21(23(27)10-19)11-24-31-30-15-35-24/h9-10,12-13,15,17-18,20H,2-8,11,14H2,1H3/t18-,20-/m1/s1. The van der Waals surface area contributed by atoms with Gasteiger partial charge in [-0.15, -0.1) is 10.2 Å². The predicted octanol–water partition coefficient (Wildman–Crippen LogP) is 4.20. The zero-order valence-electron chi connectivity index (χ0n) is 19.7. The molecule has 3 aromatic rings. The predicted molar refractivity (Wildman–Crippen MR) is 123 cm³/mol. The van der Waals surface area contributed by atoms with Gasteiger partial charge in [0.25, 0.3) is 0 Å². The fourth-order valence-electron chi connectivity index (χ4n) is 5.04. The smallest absolute Gasteiger partial charge is 0.225 e. The van der Waals surface area contributed by atoms with Crippen LogP contribution in [0, 0.1) is 29.4 Å². The Kier molecular flexibility index (Phi) is 7.17. The molecule has 2 aliphatic rings. The van der Waals surface area contributed by atoms with E-state index in [1.54, 1.807) is 7.11 Å². The minimum Gasteiger partial charge on any atom is -0.493 e. The lowest BCUT2D eigenvalue weighted by atomic mass is 9.90. The Morgan fingerprint density at radius 1 is 1.11 bits per heavy atom. The van der Waals surface area contributed by atoms with E-state index in [0.717, 1.165) is 50.3 Å². The van der Waals surface area contributed by atoms with E-state index in [9.17, 15) is 8.78 Å². The maximum atomic E-state index is 14.4. The maximum absolute atomic E-state index is 14.4. The molecule has 2 fully saturated rings. The van der Waals surface area contributed by atoms with Crippen molar-refractivity contribution < 1.29 is 22.7 Å². The molecule has 1 aromatic carbocycles. The van der Waals surface area contributed by atoms with Crippen LogP contribution >= 0.6 is 0 Å². The summed E-state index contributed by atoms with van der Waals surface area (Å²) in [6.45, 7) is 2.89. The first-order valence-corrected chi connectivity index (χ1v) is 12.0. The van der Waals surface area contributed by atoms with Crippen LogP contribution < -0.4 is 9.64 Å². The van der Waals surface area contributed by atoms with E-state index in [0.29, 0.717) is 31.0 Å². The van der Waals surface area contributed by atoms with Gasteiger partial charge in [-0.1, -0.05) is 0 Å². The van der Waals surface area contributed by atoms with Crippen LogP contribution in [0.5, 0.6) is 5.75 Å². The monoisotopic (exact) mass is 485 g/mol. The number of methoxy groups -OCH3 is 1. The van der Waals surface area contributed by atoms with Crippen molar-refractivity contribution in [2.75, 3.05) is 31.7 Å². The Balaban J connectivity index is 1.05. The van der Waals surface area contributed by atoms with Crippen molar-refractivity contribution in [1.29, 1.82) is 0 Å². The van der Waals surface area contributed by atoms with Crippen molar-refractivity contribution in [3.63, 3.8) is 0 Å². The summed E-state index contributed by atoms with van der Waals surface area (Å²) < 4.78 is 44.5. The number of rotatable bonds is 10. The molecule has 35 heavy (non-hydrogen) atoms. The second-order valence-corrected chi connectivity index (χ2v) is 9.32. The summed E-state index contributed by atoms with van der Waals surface area (Å²) >= 11 is 0. The molecule has 2 atom stereocenters. The largest absolute Gasteiger partial charge is 0.493 e. The van der Waals surface area contributed by atoms with Crippen LogP contribution in [0.2, 0.25) is 0 Å². The Labute approximate surface area is 202 Å². The van der Waals surface area contributed by atoms with Crippen molar-refractivity contribution in [2.45, 2.75) is 38.7 Å². The van der Waals surface area contributed by atoms with E-state index < -0.39 is 11.6 Å². The van der Waals surface area contributed by atoms with Crippen LogP contribution in [0.15, 0.2) is 35.3 Å². The normalized spacial score (nSPS) is 20.3. The van der Waals surface area contributed by atoms with Crippen molar-refractivity contribution in [3.8, 4) is 5.75 Å². The molecule has 0 bridgehead atoms. The first kappa shape index (κ1) is 23.6. The minimum atomic E-state index is -0.674. The SMILES string of the molecule is COCc1cnc(N2CCC([C@H]3C[C@H]3CCOc3cc(F)c(Cc4nnco4)c(F)c3)CC2)nc1. The highest BCUT2D eigenvalue weighted by atomic mass is 19.1. The van der Waals surface area contributed by atoms with Crippen LogP contribution in [0.1, 0.15) is 42.7 Å². The fourth-order valence-corrected chi connectivity index (χ4v) is 5.04. The average molecular weight is 486 g/mol. The molecule has 0 N–H and O–H groups in total. The van der Waals surface area contributed by atoms with E-state index in [1.807, 2.05) is 12.4 Å². The maximum Gasteiger partial charge on any atom is 0.225 e. The summed E-state index contributed by atoms with van der Waals surface area (Å²) in [5.74, 6) is 1.82. The van der Waals surface area contributed by atoms with Gasteiger partial charge in [-0.2, -0.15) is 0 Å². The number of halogens is 2. The van der Waals surface area contributed by atoms with Crippen LogP contribution in [0.4, 0.5) is 14.7 Å². The van der Waals surface area contributed by atoms with Gasteiger partial charge in [0.1, 0.15) is 17.4 Å². The van der Waals surface area contributed by atoms with Crippen molar-refractivity contribution in [1.82, 2.24) is 20.2 Å². The van der Waals surface area contributed by atoms with Gasteiger partial charge in [0.05, 0.1) is 19.6 Å². The zero-order valence-corrected chi connectivity index (χ0v) is 19.7. The minimum absolute atomic E-state index is 0.0915. The van der Waals surface area contributed by atoms with E-state index in [-0.39, 0.29) is 23.6 Å². The Bertz CT molecular complexity index is 1080. The highest BCUT2D eigenvalue weighted by Crippen LogP contribution is 2.49. The number of hydrogen-bond acceptors (Lipinski definition) is 8. The summed E-state index contributed by atoms with van der Waals surface area (Å²) in [5, 5.41) is 7.20. The van der Waals surface area contributed by atoms with Gasteiger partial charge in [0, 0.05) is 55.9 Å². The lowest BCUT2D eigenvalue weighted by Crippen LogP contribution is -2.35. The molecule has 0 unspecified atom stereocenters. The van der Waals surface area contributed by atoms with Crippen molar-refractivity contribution in [3.05, 3.63) is 59.6 Å². The molecule has 5 rings (SSSR count). The first-order valence-electron chi connectivity index (χ1n) is 12.0. The third-order valence-corrected chi connectivity index (χ3v) is 7.01. The summed E-state index contributed by atoms with van der Waals surface area (Å²) in [4.78, 5) is 11.2. The molecule has 0 amide bonds. The third kappa shape index (κ3) is 5.75. The van der Waals surface area contributed by atoms with Crippen LogP contribution in [0.25, 0.3) is 0 Å². The number of anilines is 1. The molecule has 186 valence electrons. The van der Waals surface area contributed by atoms with Gasteiger partial charge in [-0.25, -0.2) is 18.7 Å². The third-order valence-electron chi connectivity index (χ3n) is 7.01. The summed E-state index contributed by atoms with van der Waals surface area (Å²) in [5.41, 5.74) is 0.867. The van der Waals surface area contributed by atoms with Crippen LogP contribution in [0.3, 0.4) is 0 Å². The molecule has 3 heterocycles. The molecule has 2 aromatic heterocycles. The van der Waals surface area contributed by atoms with Gasteiger partial charge in [0.2, 0.25) is 18.2 Å². The zero-order chi connectivity index (χ0) is 24.2. The Morgan fingerprint density at radius 3 is 2.51 bits per heavy atom. The molecule has 0 spiro atoms. The quantitative estimate of drug-likeness (QED) is 0.422. The van der Waals surface area contributed by atoms with Gasteiger partial charge >= 0.3 is 0 Å². The second kappa shape index (κ2) is 10.6.